The van der Waals surface area contributed by atoms with Crippen LogP contribution in [0.3, 0.4) is 0 Å². The maximum atomic E-state index is 4.48. The van der Waals surface area contributed by atoms with Gasteiger partial charge in [-0.2, -0.15) is 0 Å². The van der Waals surface area contributed by atoms with Crippen LogP contribution in [-0.4, -0.2) is 17.6 Å². The molecule has 0 bridgehead atoms. The van der Waals surface area contributed by atoms with Crippen molar-refractivity contribution < 1.29 is 0 Å². The van der Waals surface area contributed by atoms with Crippen LogP contribution in [0, 0.1) is 5.92 Å². The zero-order valence-electron chi connectivity index (χ0n) is 11.6. The molecule has 1 aromatic heterocycles. The molecule has 0 fully saturated rings. The summed E-state index contributed by atoms with van der Waals surface area (Å²) in [6.45, 7) is 10.1. The number of pyridine rings is 1. The Bertz CT molecular complexity index is 297. The van der Waals surface area contributed by atoms with Gasteiger partial charge in [0, 0.05) is 23.9 Å². The molecule has 0 aliphatic carbocycles. The maximum absolute atomic E-state index is 4.48. The summed E-state index contributed by atoms with van der Waals surface area (Å²) in [5, 5.41) is 3.63. The van der Waals surface area contributed by atoms with Crippen molar-refractivity contribution >= 4 is 0 Å². The Kier molecular flexibility index (Phi) is 6.20. The third-order valence-corrected chi connectivity index (χ3v) is 3.49. The van der Waals surface area contributed by atoms with Crippen LogP contribution in [0.5, 0.6) is 0 Å². The Balaban J connectivity index is 2.76. The molecule has 2 heteroatoms. The molecule has 2 nitrogen and oxygen atoms in total. The Labute approximate surface area is 106 Å². The van der Waals surface area contributed by atoms with E-state index in [4.69, 9.17) is 0 Å². The van der Waals surface area contributed by atoms with Crippen molar-refractivity contribution in [3.63, 3.8) is 0 Å². The van der Waals surface area contributed by atoms with Gasteiger partial charge >= 0.3 is 0 Å². The van der Waals surface area contributed by atoms with Crippen LogP contribution in [0.2, 0.25) is 0 Å². The van der Waals surface area contributed by atoms with Gasteiger partial charge in [0.2, 0.25) is 0 Å². The number of likely N-dealkylation sites (N-methyl/N-ethyl adjacent to an activating group) is 1. The highest BCUT2D eigenvalue weighted by atomic mass is 14.9. The molecule has 0 amide bonds. The number of hydrogen-bond donors (Lipinski definition) is 1. The Hall–Kier alpha value is -0.890. The fraction of sp³-hybridized carbons (Fsp3) is 0.667. The lowest BCUT2D eigenvalue weighted by molar-refractivity contribution is 0.319. The van der Waals surface area contributed by atoms with Crippen LogP contribution < -0.4 is 5.32 Å². The van der Waals surface area contributed by atoms with E-state index in [0.29, 0.717) is 17.9 Å². The summed E-state index contributed by atoms with van der Waals surface area (Å²) < 4.78 is 0. The first kappa shape index (κ1) is 14.2. The molecule has 0 saturated carbocycles. The van der Waals surface area contributed by atoms with Crippen molar-refractivity contribution in [1.29, 1.82) is 0 Å². The molecule has 0 spiro atoms. The molecular formula is C15H26N2. The molecule has 1 heterocycles. The summed E-state index contributed by atoms with van der Waals surface area (Å²) in [7, 11) is 0. The molecule has 1 N–H and O–H groups in total. The third kappa shape index (κ3) is 4.12. The molecule has 1 aromatic rings. The van der Waals surface area contributed by atoms with Crippen molar-refractivity contribution in [2.24, 2.45) is 5.92 Å². The number of hydrogen-bond acceptors (Lipinski definition) is 2. The van der Waals surface area contributed by atoms with Gasteiger partial charge in [0.15, 0.2) is 0 Å². The maximum Gasteiger partial charge on any atom is 0.0447 e. The van der Waals surface area contributed by atoms with Crippen molar-refractivity contribution in [3.8, 4) is 0 Å². The van der Waals surface area contributed by atoms with Gasteiger partial charge in [-0.1, -0.05) is 40.2 Å². The van der Waals surface area contributed by atoms with Crippen molar-refractivity contribution in [1.82, 2.24) is 10.3 Å². The molecule has 17 heavy (non-hydrogen) atoms. The second-order valence-electron chi connectivity index (χ2n) is 4.89. The van der Waals surface area contributed by atoms with E-state index in [1.165, 1.54) is 18.5 Å². The largest absolute Gasteiger partial charge is 0.313 e. The zero-order valence-corrected chi connectivity index (χ0v) is 11.6. The van der Waals surface area contributed by atoms with Gasteiger partial charge in [-0.3, -0.25) is 4.98 Å². The molecule has 1 rings (SSSR count). The lowest BCUT2D eigenvalue weighted by Gasteiger charge is -2.30. The van der Waals surface area contributed by atoms with Crippen molar-refractivity contribution in [2.75, 3.05) is 6.54 Å². The topological polar surface area (TPSA) is 24.9 Å². The van der Waals surface area contributed by atoms with Crippen LogP contribution >= 0.6 is 0 Å². The van der Waals surface area contributed by atoms with E-state index < -0.39 is 0 Å². The Morgan fingerprint density at radius 3 is 2.53 bits per heavy atom. The normalized spacial score (nSPS) is 16.5. The third-order valence-electron chi connectivity index (χ3n) is 3.49. The van der Waals surface area contributed by atoms with Crippen LogP contribution in [0.25, 0.3) is 0 Å². The van der Waals surface area contributed by atoms with E-state index in [1.54, 1.807) is 0 Å². The summed E-state index contributed by atoms with van der Waals surface area (Å²) in [6.07, 6.45) is 4.41. The molecule has 3 atom stereocenters. The van der Waals surface area contributed by atoms with Crippen LogP contribution in [0.1, 0.15) is 52.1 Å². The summed E-state index contributed by atoms with van der Waals surface area (Å²) in [4.78, 5) is 4.48. The van der Waals surface area contributed by atoms with Gasteiger partial charge < -0.3 is 5.32 Å². The number of aromatic nitrogens is 1. The van der Waals surface area contributed by atoms with Crippen molar-refractivity contribution in [3.05, 3.63) is 30.1 Å². The van der Waals surface area contributed by atoms with Crippen LogP contribution in [-0.2, 0) is 0 Å². The smallest absolute Gasteiger partial charge is 0.0447 e. The van der Waals surface area contributed by atoms with E-state index in [0.717, 1.165) is 6.54 Å². The minimum Gasteiger partial charge on any atom is -0.313 e. The summed E-state index contributed by atoms with van der Waals surface area (Å²) in [5.41, 5.74) is 1.20. The van der Waals surface area contributed by atoms with Gasteiger partial charge in [0.1, 0.15) is 0 Å². The Morgan fingerprint density at radius 1 is 1.24 bits per heavy atom. The lowest BCUT2D eigenvalue weighted by Crippen LogP contribution is -2.39. The van der Waals surface area contributed by atoms with E-state index >= 15 is 0 Å². The first-order valence-corrected chi connectivity index (χ1v) is 6.85. The molecule has 0 aromatic carbocycles. The molecule has 0 radical (unpaired) electrons. The fourth-order valence-corrected chi connectivity index (χ4v) is 2.57. The average molecular weight is 234 g/mol. The predicted molar refractivity (Wildman–Crippen MR) is 74.2 cm³/mol. The quantitative estimate of drug-likeness (QED) is 0.779. The number of nitrogens with one attached hydrogen (secondary N) is 1. The number of nitrogens with zero attached hydrogens (tertiary/aromatic N) is 1. The first-order chi connectivity index (χ1) is 8.20. The van der Waals surface area contributed by atoms with Crippen LogP contribution in [0.15, 0.2) is 24.4 Å². The SMILES string of the molecule is CCCC(C)C(NCC)C(C)c1ccccn1. The molecule has 96 valence electrons. The molecule has 0 aliphatic heterocycles. The second-order valence-corrected chi connectivity index (χ2v) is 4.89. The van der Waals surface area contributed by atoms with Gasteiger partial charge in [-0.15, -0.1) is 0 Å². The Morgan fingerprint density at radius 2 is 2.00 bits per heavy atom. The summed E-state index contributed by atoms with van der Waals surface area (Å²) >= 11 is 0. The van der Waals surface area contributed by atoms with E-state index in [1.807, 2.05) is 12.3 Å². The summed E-state index contributed by atoms with van der Waals surface area (Å²) in [5.74, 6) is 1.16. The van der Waals surface area contributed by atoms with E-state index in [-0.39, 0.29) is 0 Å². The molecule has 0 saturated heterocycles. The average Bonchev–Trinajstić information content (AvgIpc) is 2.36. The molecule has 0 aliphatic rings. The number of rotatable bonds is 7. The minimum atomic E-state index is 0.470. The summed E-state index contributed by atoms with van der Waals surface area (Å²) in [6, 6.07) is 6.71. The van der Waals surface area contributed by atoms with Gasteiger partial charge in [-0.25, -0.2) is 0 Å². The van der Waals surface area contributed by atoms with Gasteiger partial charge in [0.05, 0.1) is 0 Å². The highest BCUT2D eigenvalue weighted by Gasteiger charge is 2.24. The van der Waals surface area contributed by atoms with Crippen LogP contribution in [0.4, 0.5) is 0 Å². The van der Waals surface area contributed by atoms with Gasteiger partial charge in [0.25, 0.3) is 0 Å². The first-order valence-electron chi connectivity index (χ1n) is 6.85. The van der Waals surface area contributed by atoms with E-state index in [9.17, 15) is 0 Å². The molecular weight excluding hydrogens is 208 g/mol. The minimum absolute atomic E-state index is 0.470. The molecule has 3 unspecified atom stereocenters. The van der Waals surface area contributed by atoms with Crippen molar-refractivity contribution in [2.45, 2.75) is 52.5 Å². The highest BCUT2D eigenvalue weighted by molar-refractivity contribution is 5.11. The monoisotopic (exact) mass is 234 g/mol. The van der Waals surface area contributed by atoms with E-state index in [2.05, 4.69) is 50.1 Å². The highest BCUT2D eigenvalue weighted by Crippen LogP contribution is 2.24. The van der Waals surface area contributed by atoms with Gasteiger partial charge in [-0.05, 0) is 31.0 Å². The zero-order chi connectivity index (χ0) is 12.7. The predicted octanol–water partition coefficient (Wildman–Crippen LogP) is 3.60. The fourth-order valence-electron chi connectivity index (χ4n) is 2.57. The lowest BCUT2D eigenvalue weighted by atomic mass is 9.85. The second kappa shape index (κ2) is 7.44. The standard InChI is InChI=1S/C15H26N2/c1-5-9-12(3)15(16-6-2)13(4)14-10-7-8-11-17-14/h7-8,10-13,15-16H,5-6,9H2,1-4H3.